The van der Waals surface area contributed by atoms with Gasteiger partial charge in [0.05, 0.1) is 0 Å². The summed E-state index contributed by atoms with van der Waals surface area (Å²) in [6, 6.07) is -0.671. The van der Waals surface area contributed by atoms with Gasteiger partial charge >= 0.3 is 5.97 Å². The Balaban J connectivity index is 2.56. The number of carboxylic acids is 1. The number of nitrogens with zero attached hydrogens (tertiary/aromatic N) is 1. The van der Waals surface area contributed by atoms with Crippen molar-refractivity contribution in [1.29, 1.82) is 0 Å². The molecule has 47 valence electrons. The molecule has 1 radical (unpaired) electrons. The van der Waals surface area contributed by atoms with Crippen LogP contribution >= 0.6 is 0 Å². The Labute approximate surface area is 52.7 Å². The first kappa shape index (κ1) is 5.88. The molecule has 0 fully saturated rings. The SMILES string of the molecule is O=C(O)C1C=CC=C[N]1. The van der Waals surface area contributed by atoms with Crippen LogP contribution in [-0.2, 0) is 4.79 Å². The van der Waals surface area contributed by atoms with Gasteiger partial charge in [-0.15, -0.1) is 0 Å². The number of hydrogen-bond donors (Lipinski definition) is 1. The fourth-order valence-corrected chi connectivity index (χ4v) is 0.557. The maximum Gasteiger partial charge on any atom is 0.332 e. The van der Waals surface area contributed by atoms with E-state index in [0.717, 1.165) is 0 Å². The summed E-state index contributed by atoms with van der Waals surface area (Å²) in [5.41, 5.74) is 0. The zero-order chi connectivity index (χ0) is 6.69. The summed E-state index contributed by atoms with van der Waals surface area (Å²) in [5, 5.41) is 12.0. The van der Waals surface area contributed by atoms with Crippen molar-refractivity contribution in [3.05, 3.63) is 24.4 Å². The third kappa shape index (κ3) is 1.32. The molecule has 0 saturated heterocycles. The van der Waals surface area contributed by atoms with Gasteiger partial charge in [-0.3, -0.25) is 5.32 Å². The first-order valence-corrected chi connectivity index (χ1v) is 2.57. The van der Waals surface area contributed by atoms with Crippen LogP contribution in [0.15, 0.2) is 24.4 Å². The molecule has 1 rings (SSSR count). The molecule has 0 aliphatic carbocycles. The lowest BCUT2D eigenvalue weighted by Crippen LogP contribution is -2.26. The molecule has 3 heteroatoms. The van der Waals surface area contributed by atoms with Crippen molar-refractivity contribution in [3.63, 3.8) is 0 Å². The molecule has 0 saturated carbocycles. The van der Waals surface area contributed by atoms with Crippen molar-refractivity contribution in [2.24, 2.45) is 0 Å². The number of carboxylic acid groups (broad SMARTS) is 1. The average Bonchev–Trinajstić information content (AvgIpc) is 1.90. The second-order valence-electron chi connectivity index (χ2n) is 1.66. The lowest BCUT2D eigenvalue weighted by atomic mass is 10.2. The Morgan fingerprint density at radius 1 is 1.56 bits per heavy atom. The Kier molecular flexibility index (Phi) is 1.53. The largest absolute Gasteiger partial charge is 0.479 e. The third-order valence-electron chi connectivity index (χ3n) is 0.990. The molecule has 1 unspecified atom stereocenters. The van der Waals surface area contributed by atoms with Crippen molar-refractivity contribution in [1.82, 2.24) is 5.32 Å². The van der Waals surface area contributed by atoms with E-state index in [1.54, 1.807) is 12.2 Å². The summed E-state index contributed by atoms with van der Waals surface area (Å²) < 4.78 is 0. The maximum atomic E-state index is 10.2. The van der Waals surface area contributed by atoms with E-state index in [1.807, 2.05) is 0 Å². The van der Waals surface area contributed by atoms with Crippen molar-refractivity contribution >= 4 is 5.97 Å². The fourth-order valence-electron chi connectivity index (χ4n) is 0.557. The predicted octanol–water partition coefficient (Wildman–Crippen LogP) is 0.128. The lowest BCUT2D eigenvalue weighted by Gasteiger charge is -2.05. The van der Waals surface area contributed by atoms with Crippen LogP contribution in [0, 0.1) is 0 Å². The number of rotatable bonds is 1. The van der Waals surface area contributed by atoms with E-state index in [0.29, 0.717) is 0 Å². The minimum Gasteiger partial charge on any atom is -0.479 e. The van der Waals surface area contributed by atoms with Crippen molar-refractivity contribution in [3.8, 4) is 0 Å². The molecule has 1 aliphatic rings. The first-order valence-electron chi connectivity index (χ1n) is 2.57. The van der Waals surface area contributed by atoms with Gasteiger partial charge in [-0.1, -0.05) is 6.08 Å². The van der Waals surface area contributed by atoms with Crippen LogP contribution in [0.4, 0.5) is 0 Å². The summed E-state index contributed by atoms with van der Waals surface area (Å²) in [6.45, 7) is 0. The maximum absolute atomic E-state index is 10.2. The zero-order valence-corrected chi connectivity index (χ0v) is 4.69. The van der Waals surface area contributed by atoms with Crippen LogP contribution in [0.25, 0.3) is 0 Å². The highest BCUT2D eigenvalue weighted by Gasteiger charge is 2.13. The van der Waals surface area contributed by atoms with E-state index in [9.17, 15) is 4.79 Å². The molecule has 0 amide bonds. The lowest BCUT2D eigenvalue weighted by molar-refractivity contribution is -0.138. The van der Waals surface area contributed by atoms with Crippen molar-refractivity contribution in [2.75, 3.05) is 0 Å². The highest BCUT2D eigenvalue weighted by Crippen LogP contribution is 1.95. The molecule has 3 nitrogen and oxygen atoms in total. The summed E-state index contributed by atoms with van der Waals surface area (Å²) in [4.78, 5) is 10.2. The molecule has 0 spiro atoms. The minimum absolute atomic E-state index is 0.671. The summed E-state index contributed by atoms with van der Waals surface area (Å²) in [7, 11) is 0. The highest BCUT2D eigenvalue weighted by atomic mass is 16.4. The van der Waals surface area contributed by atoms with Gasteiger partial charge in [-0.05, 0) is 12.2 Å². The first-order chi connectivity index (χ1) is 4.30. The minimum atomic E-state index is -0.907. The number of aliphatic carboxylic acids is 1. The Morgan fingerprint density at radius 2 is 2.33 bits per heavy atom. The Morgan fingerprint density at radius 3 is 2.67 bits per heavy atom. The van der Waals surface area contributed by atoms with Crippen molar-refractivity contribution in [2.45, 2.75) is 6.04 Å². The summed E-state index contributed by atoms with van der Waals surface area (Å²) in [5.74, 6) is -0.907. The molecule has 1 aliphatic heterocycles. The van der Waals surface area contributed by atoms with E-state index in [1.165, 1.54) is 12.3 Å². The van der Waals surface area contributed by atoms with Gasteiger partial charge in [0.15, 0.2) is 6.04 Å². The molecule has 1 atom stereocenters. The van der Waals surface area contributed by atoms with Crippen LogP contribution in [0.1, 0.15) is 0 Å². The molecule has 0 bridgehead atoms. The second-order valence-corrected chi connectivity index (χ2v) is 1.66. The molecular weight excluding hydrogens is 118 g/mol. The van der Waals surface area contributed by atoms with Gasteiger partial charge in [-0.2, -0.15) is 0 Å². The summed E-state index contributed by atoms with van der Waals surface area (Å²) >= 11 is 0. The van der Waals surface area contributed by atoms with Crippen LogP contribution in [0.3, 0.4) is 0 Å². The van der Waals surface area contributed by atoms with E-state index in [4.69, 9.17) is 5.11 Å². The van der Waals surface area contributed by atoms with Crippen LogP contribution < -0.4 is 5.32 Å². The standard InChI is InChI=1S/C6H6NO2/c8-6(9)5-3-1-2-4-7-5/h1-5H,(H,8,9). The van der Waals surface area contributed by atoms with Gasteiger partial charge in [0, 0.05) is 6.20 Å². The molecular formula is C6H6NO2. The van der Waals surface area contributed by atoms with Crippen LogP contribution in [-0.4, -0.2) is 17.1 Å². The van der Waals surface area contributed by atoms with Crippen LogP contribution in [0.5, 0.6) is 0 Å². The molecule has 0 aromatic heterocycles. The van der Waals surface area contributed by atoms with E-state index in [2.05, 4.69) is 5.32 Å². The third-order valence-corrected chi connectivity index (χ3v) is 0.990. The number of carbonyl (C=O) groups is 1. The van der Waals surface area contributed by atoms with Gasteiger partial charge in [0.2, 0.25) is 0 Å². The average molecular weight is 124 g/mol. The second kappa shape index (κ2) is 2.35. The normalized spacial score (nSPS) is 23.3. The Bertz CT molecular complexity index is 172. The Hall–Kier alpha value is -1.25. The highest BCUT2D eigenvalue weighted by molar-refractivity contribution is 5.76. The van der Waals surface area contributed by atoms with Crippen LogP contribution in [0.2, 0.25) is 0 Å². The van der Waals surface area contributed by atoms with Gasteiger partial charge in [0.1, 0.15) is 0 Å². The molecule has 1 heterocycles. The number of hydrogen-bond acceptors (Lipinski definition) is 1. The number of allylic oxidation sites excluding steroid dienone is 2. The van der Waals surface area contributed by atoms with E-state index >= 15 is 0 Å². The van der Waals surface area contributed by atoms with E-state index in [-0.39, 0.29) is 0 Å². The zero-order valence-electron chi connectivity index (χ0n) is 4.69. The van der Waals surface area contributed by atoms with E-state index < -0.39 is 12.0 Å². The quantitative estimate of drug-likeness (QED) is 0.540. The molecule has 0 aromatic rings. The monoisotopic (exact) mass is 124 g/mol. The van der Waals surface area contributed by atoms with Gasteiger partial charge in [0.25, 0.3) is 0 Å². The van der Waals surface area contributed by atoms with Gasteiger partial charge < -0.3 is 5.11 Å². The predicted molar refractivity (Wildman–Crippen MR) is 31.8 cm³/mol. The van der Waals surface area contributed by atoms with Crippen molar-refractivity contribution < 1.29 is 9.90 Å². The van der Waals surface area contributed by atoms with Gasteiger partial charge in [-0.25, -0.2) is 4.79 Å². The molecule has 9 heavy (non-hydrogen) atoms. The smallest absolute Gasteiger partial charge is 0.332 e. The molecule has 1 N–H and O–H groups in total. The molecule has 0 aromatic carbocycles. The fraction of sp³-hybridized carbons (Fsp3) is 0.167. The summed E-state index contributed by atoms with van der Waals surface area (Å²) in [6.07, 6.45) is 6.38. The topological polar surface area (TPSA) is 51.4 Å².